The van der Waals surface area contributed by atoms with Gasteiger partial charge in [-0.25, -0.2) is 15.0 Å². The quantitative estimate of drug-likeness (QED) is 0.346. The van der Waals surface area contributed by atoms with E-state index in [9.17, 15) is 0 Å². The number of nitrogens with zero attached hydrogens (tertiary/aromatic N) is 4. The molecule has 7 aromatic rings. The molecular weight excluding hydrogens is 372 g/mol. The number of benzene rings is 4. The number of hydrogen-bond acceptors (Lipinski definition) is 4. The van der Waals surface area contributed by atoms with Gasteiger partial charge in [-0.3, -0.25) is 4.57 Å². The number of rotatable bonds is 1. The molecule has 140 valence electrons. The average molecular weight is 386 g/mol. The normalized spacial score (nSPS) is 12.0. The van der Waals surface area contributed by atoms with Crippen LogP contribution < -0.4 is 0 Å². The Kier molecular flexibility index (Phi) is 2.94. The summed E-state index contributed by atoms with van der Waals surface area (Å²) >= 11 is 0. The monoisotopic (exact) mass is 386 g/mol. The number of para-hydroxylation sites is 2. The third-order valence-electron chi connectivity index (χ3n) is 5.83. The van der Waals surface area contributed by atoms with Crippen LogP contribution in [0.3, 0.4) is 0 Å². The maximum atomic E-state index is 6.47. The van der Waals surface area contributed by atoms with E-state index in [0.717, 1.165) is 43.7 Å². The fourth-order valence-corrected chi connectivity index (χ4v) is 4.68. The first-order chi connectivity index (χ1) is 14.9. The fourth-order valence-electron chi connectivity index (χ4n) is 4.68. The molecule has 0 unspecified atom stereocenters. The molecule has 7 rings (SSSR count). The zero-order valence-electron chi connectivity index (χ0n) is 15.8. The molecule has 0 radical (unpaired) electrons. The lowest BCUT2D eigenvalue weighted by Gasteiger charge is -2.07. The van der Waals surface area contributed by atoms with Crippen molar-refractivity contribution in [1.82, 2.24) is 19.5 Å². The van der Waals surface area contributed by atoms with Crippen molar-refractivity contribution in [3.8, 4) is 5.95 Å². The Bertz CT molecular complexity index is 1750. The largest absolute Gasteiger partial charge is 0.454 e. The second-order valence-electron chi connectivity index (χ2n) is 7.36. The van der Waals surface area contributed by atoms with Crippen LogP contribution in [-0.2, 0) is 0 Å². The van der Waals surface area contributed by atoms with Crippen LogP contribution in [0.1, 0.15) is 0 Å². The van der Waals surface area contributed by atoms with Gasteiger partial charge in [0.15, 0.2) is 5.58 Å². The van der Waals surface area contributed by atoms with Gasteiger partial charge < -0.3 is 4.42 Å². The van der Waals surface area contributed by atoms with Crippen LogP contribution in [-0.4, -0.2) is 19.5 Å². The molecule has 0 bridgehead atoms. The van der Waals surface area contributed by atoms with Crippen molar-refractivity contribution in [3.05, 3.63) is 85.5 Å². The van der Waals surface area contributed by atoms with E-state index in [-0.39, 0.29) is 0 Å². The molecule has 0 saturated heterocycles. The summed E-state index contributed by atoms with van der Waals surface area (Å²) in [4.78, 5) is 12.9. The predicted molar refractivity (Wildman–Crippen MR) is 119 cm³/mol. The first-order valence-electron chi connectivity index (χ1n) is 9.79. The molecule has 5 nitrogen and oxygen atoms in total. The lowest BCUT2D eigenvalue weighted by molar-refractivity contribution is 0.671. The van der Waals surface area contributed by atoms with Crippen molar-refractivity contribution < 1.29 is 4.42 Å². The number of fused-ring (bicyclic) bond motifs is 10. The van der Waals surface area contributed by atoms with Gasteiger partial charge in [-0.1, -0.05) is 60.7 Å². The summed E-state index contributed by atoms with van der Waals surface area (Å²) in [5.74, 6) is 0.577. The maximum absolute atomic E-state index is 6.47. The molecule has 3 aromatic heterocycles. The lowest BCUT2D eigenvalue weighted by atomic mass is 9.99. The van der Waals surface area contributed by atoms with Crippen LogP contribution in [0.25, 0.3) is 60.5 Å². The van der Waals surface area contributed by atoms with Gasteiger partial charge in [0.1, 0.15) is 23.8 Å². The number of furan rings is 1. The molecule has 0 saturated carbocycles. The summed E-state index contributed by atoms with van der Waals surface area (Å²) in [6.45, 7) is 0. The Hall–Kier alpha value is -4.25. The van der Waals surface area contributed by atoms with E-state index in [1.54, 1.807) is 0 Å². The van der Waals surface area contributed by atoms with Crippen LogP contribution >= 0.6 is 0 Å². The molecule has 4 aromatic carbocycles. The van der Waals surface area contributed by atoms with E-state index in [2.05, 4.69) is 74.1 Å². The molecule has 3 heterocycles. The van der Waals surface area contributed by atoms with Gasteiger partial charge in [0.2, 0.25) is 5.95 Å². The van der Waals surface area contributed by atoms with E-state index in [0.29, 0.717) is 5.95 Å². The smallest absolute Gasteiger partial charge is 0.237 e. The molecule has 0 aliphatic rings. The third kappa shape index (κ3) is 1.89. The van der Waals surface area contributed by atoms with Gasteiger partial charge in [-0.05, 0) is 22.9 Å². The fraction of sp³-hybridized carbons (Fsp3) is 0. The Morgan fingerprint density at radius 1 is 0.633 bits per heavy atom. The van der Waals surface area contributed by atoms with E-state index >= 15 is 0 Å². The highest BCUT2D eigenvalue weighted by Crippen LogP contribution is 2.44. The first kappa shape index (κ1) is 15.6. The molecule has 30 heavy (non-hydrogen) atoms. The van der Waals surface area contributed by atoms with Crippen molar-refractivity contribution in [2.45, 2.75) is 0 Å². The van der Waals surface area contributed by atoms with Crippen molar-refractivity contribution >= 4 is 54.5 Å². The molecular formula is C25H14N4O. The summed E-state index contributed by atoms with van der Waals surface area (Å²) in [6, 6.07) is 25.1. The summed E-state index contributed by atoms with van der Waals surface area (Å²) in [5.41, 5.74) is 3.74. The topological polar surface area (TPSA) is 56.7 Å². The van der Waals surface area contributed by atoms with Crippen molar-refractivity contribution in [2.75, 3.05) is 0 Å². The zero-order chi connectivity index (χ0) is 19.7. The Morgan fingerprint density at radius 2 is 1.27 bits per heavy atom. The molecule has 0 aliphatic heterocycles. The van der Waals surface area contributed by atoms with Gasteiger partial charge in [0, 0.05) is 21.5 Å². The minimum Gasteiger partial charge on any atom is -0.454 e. The number of aromatic nitrogens is 4. The highest BCUT2D eigenvalue weighted by molar-refractivity contribution is 6.34. The summed E-state index contributed by atoms with van der Waals surface area (Å²) < 4.78 is 8.56. The molecule has 0 fully saturated rings. The minimum atomic E-state index is 0.577. The van der Waals surface area contributed by atoms with Gasteiger partial charge in [-0.15, -0.1) is 0 Å². The van der Waals surface area contributed by atoms with Crippen molar-refractivity contribution in [3.63, 3.8) is 0 Å². The summed E-state index contributed by atoms with van der Waals surface area (Å²) in [5, 5.41) is 6.89. The molecule has 0 atom stereocenters. The molecule has 5 heteroatoms. The number of hydrogen-bond donors (Lipinski definition) is 0. The van der Waals surface area contributed by atoms with Gasteiger partial charge >= 0.3 is 0 Å². The molecule has 0 aliphatic carbocycles. The predicted octanol–water partition coefficient (Wildman–Crippen LogP) is 6.02. The SMILES string of the molecule is c1ccc2c(c1)oc1c2c2ccccc2c2c3ccccc3n(-c3ncncn3)c12. The Morgan fingerprint density at radius 3 is 2.07 bits per heavy atom. The Labute approximate surface area is 170 Å². The van der Waals surface area contributed by atoms with Crippen LogP contribution in [0.15, 0.2) is 89.9 Å². The van der Waals surface area contributed by atoms with E-state index in [1.807, 2.05) is 18.2 Å². The Balaban J connectivity index is 1.89. The standard InChI is InChI=1S/C25H14N4O/c1-2-8-16-15(7-1)21-17-9-3-5-11-19(17)29(25-27-13-26-14-28-25)23(21)24-22(16)18-10-4-6-12-20(18)30-24/h1-14H. The first-order valence-corrected chi connectivity index (χ1v) is 9.79. The van der Waals surface area contributed by atoms with Crippen molar-refractivity contribution in [1.29, 1.82) is 0 Å². The second kappa shape index (κ2) is 5.64. The van der Waals surface area contributed by atoms with E-state index < -0.39 is 0 Å². The van der Waals surface area contributed by atoms with E-state index in [4.69, 9.17) is 4.42 Å². The molecule has 0 spiro atoms. The van der Waals surface area contributed by atoms with Gasteiger partial charge in [0.05, 0.1) is 5.52 Å². The maximum Gasteiger partial charge on any atom is 0.237 e. The average Bonchev–Trinajstić information content (AvgIpc) is 3.36. The summed E-state index contributed by atoms with van der Waals surface area (Å²) in [6.07, 6.45) is 3.06. The van der Waals surface area contributed by atoms with Crippen molar-refractivity contribution in [2.24, 2.45) is 0 Å². The second-order valence-corrected chi connectivity index (χ2v) is 7.36. The molecule has 0 amide bonds. The van der Waals surface area contributed by atoms with Gasteiger partial charge in [0.25, 0.3) is 0 Å². The van der Waals surface area contributed by atoms with Crippen LogP contribution in [0.2, 0.25) is 0 Å². The minimum absolute atomic E-state index is 0.577. The molecule has 0 N–H and O–H groups in total. The van der Waals surface area contributed by atoms with Crippen LogP contribution in [0, 0.1) is 0 Å². The zero-order valence-corrected chi connectivity index (χ0v) is 15.8. The highest BCUT2D eigenvalue weighted by atomic mass is 16.3. The third-order valence-corrected chi connectivity index (χ3v) is 5.83. The van der Waals surface area contributed by atoms with Crippen LogP contribution in [0.5, 0.6) is 0 Å². The summed E-state index contributed by atoms with van der Waals surface area (Å²) in [7, 11) is 0. The van der Waals surface area contributed by atoms with Crippen LogP contribution in [0.4, 0.5) is 0 Å². The highest BCUT2D eigenvalue weighted by Gasteiger charge is 2.23. The van der Waals surface area contributed by atoms with Gasteiger partial charge in [-0.2, -0.15) is 0 Å². The van der Waals surface area contributed by atoms with E-state index in [1.165, 1.54) is 23.4 Å². The lowest BCUT2D eigenvalue weighted by Crippen LogP contribution is -2.00.